The van der Waals surface area contributed by atoms with E-state index in [0.717, 1.165) is 22.8 Å². The van der Waals surface area contributed by atoms with Gasteiger partial charge in [0.15, 0.2) is 0 Å². The number of rotatable bonds is 13. The summed E-state index contributed by atoms with van der Waals surface area (Å²) < 4.78 is 33.4. The van der Waals surface area contributed by atoms with E-state index in [9.17, 15) is 22.8 Å². The molecular formula is C27H29N3O6S2. The number of hydrogen-bond acceptors (Lipinski definition) is 8. The number of ether oxygens (including phenoxy) is 1. The second kappa shape index (κ2) is 13.8. The second-order valence-electron chi connectivity index (χ2n) is 8.29. The van der Waals surface area contributed by atoms with E-state index in [4.69, 9.17) is 4.74 Å². The van der Waals surface area contributed by atoms with Gasteiger partial charge in [0.25, 0.3) is 0 Å². The summed E-state index contributed by atoms with van der Waals surface area (Å²) in [5, 5.41) is 2.70. The van der Waals surface area contributed by atoms with Gasteiger partial charge in [-0.05, 0) is 17.5 Å². The number of hydrogen-bond donors (Lipinski definition) is 1. The molecule has 3 rings (SSSR count). The fourth-order valence-corrected chi connectivity index (χ4v) is 5.43. The highest BCUT2D eigenvalue weighted by Gasteiger charge is 2.19. The van der Waals surface area contributed by atoms with Crippen molar-refractivity contribution in [1.29, 1.82) is 0 Å². The first kappa shape index (κ1) is 28.9. The van der Waals surface area contributed by atoms with Crippen molar-refractivity contribution in [3.63, 3.8) is 0 Å². The molecule has 0 aliphatic rings. The van der Waals surface area contributed by atoms with Crippen LogP contribution in [0.2, 0.25) is 0 Å². The summed E-state index contributed by atoms with van der Waals surface area (Å²) in [5.74, 6) is -0.607. The Bertz CT molecular complexity index is 1410. The van der Waals surface area contributed by atoms with Gasteiger partial charge >= 0.3 is 5.97 Å². The average molecular weight is 556 g/mol. The van der Waals surface area contributed by atoms with Crippen molar-refractivity contribution in [2.24, 2.45) is 0 Å². The summed E-state index contributed by atoms with van der Waals surface area (Å²) in [6, 6.07) is 19.3. The number of carbonyl (C=O) groups is 3. The number of carbonyl (C=O) groups excluding carboxylic acids is 3. The first-order valence-corrected chi connectivity index (χ1v) is 14.1. The maximum absolute atomic E-state index is 12.9. The lowest BCUT2D eigenvalue weighted by Crippen LogP contribution is -2.28. The van der Waals surface area contributed by atoms with Crippen LogP contribution in [0, 0.1) is 0 Å². The number of fused-ring (bicyclic) bond motifs is 1. The second-order valence-corrected chi connectivity index (χ2v) is 10.9. The standard InChI is InChI=1S/C27H29N3O6S2/c1-29(2)24-12-6-11-23-22(24)10-7-13-25(23)38(34,35)28-15-14-26(32)36-18-16-30(20-31)17-19-37-27(33)21-8-4-3-5-9-21/h3-13,17,19-20,28H,14-16,18H2,1-2H3. The molecule has 3 aromatic carbocycles. The van der Waals surface area contributed by atoms with Gasteiger partial charge in [0.1, 0.15) is 6.61 Å². The van der Waals surface area contributed by atoms with Crippen LogP contribution in [0.1, 0.15) is 16.8 Å². The molecule has 0 aliphatic heterocycles. The Morgan fingerprint density at radius 2 is 1.68 bits per heavy atom. The third kappa shape index (κ3) is 7.91. The Balaban J connectivity index is 1.45. The van der Waals surface area contributed by atoms with E-state index in [1.807, 2.05) is 37.2 Å². The smallest absolute Gasteiger partial charge is 0.307 e. The number of esters is 1. The van der Waals surface area contributed by atoms with Gasteiger partial charge in [0.2, 0.25) is 21.5 Å². The van der Waals surface area contributed by atoms with E-state index in [-0.39, 0.29) is 36.1 Å². The molecule has 38 heavy (non-hydrogen) atoms. The first-order valence-electron chi connectivity index (χ1n) is 11.7. The SMILES string of the molecule is CN(C)c1cccc2c(S(=O)(=O)NCCC(=O)OCCN(C=O)C=CSC(=O)c3ccccc3)cccc12. The Kier molecular flexibility index (Phi) is 10.5. The zero-order chi connectivity index (χ0) is 27.5. The predicted octanol–water partition coefficient (Wildman–Crippen LogP) is 3.62. The van der Waals surface area contributed by atoms with Crippen LogP contribution in [-0.4, -0.2) is 64.6 Å². The van der Waals surface area contributed by atoms with Crippen LogP contribution in [0.5, 0.6) is 0 Å². The normalized spacial score (nSPS) is 11.4. The number of nitrogens with one attached hydrogen (secondary N) is 1. The van der Waals surface area contributed by atoms with Crippen LogP contribution in [-0.2, 0) is 24.3 Å². The highest BCUT2D eigenvalue weighted by Crippen LogP contribution is 2.30. The molecule has 0 bridgehead atoms. The summed E-state index contributed by atoms with van der Waals surface area (Å²) in [4.78, 5) is 38.7. The molecule has 0 unspecified atom stereocenters. The molecule has 0 fully saturated rings. The Morgan fingerprint density at radius 1 is 0.974 bits per heavy atom. The van der Waals surface area contributed by atoms with E-state index >= 15 is 0 Å². The van der Waals surface area contributed by atoms with Gasteiger partial charge < -0.3 is 14.5 Å². The quantitative estimate of drug-likeness (QED) is 0.251. The van der Waals surface area contributed by atoms with Crippen molar-refractivity contribution in [3.05, 3.63) is 83.9 Å². The van der Waals surface area contributed by atoms with E-state index < -0.39 is 16.0 Å². The van der Waals surface area contributed by atoms with Gasteiger partial charge in [-0.1, -0.05) is 66.4 Å². The van der Waals surface area contributed by atoms with Gasteiger partial charge in [0.05, 0.1) is 17.9 Å². The molecule has 0 atom stereocenters. The number of nitrogens with zero attached hydrogens (tertiary/aromatic N) is 2. The fourth-order valence-electron chi connectivity index (χ4n) is 3.57. The highest BCUT2D eigenvalue weighted by atomic mass is 32.2. The zero-order valence-corrected chi connectivity index (χ0v) is 22.7. The van der Waals surface area contributed by atoms with Crippen molar-refractivity contribution >= 4 is 55.7 Å². The molecule has 0 radical (unpaired) electrons. The van der Waals surface area contributed by atoms with E-state index in [1.165, 1.54) is 22.6 Å². The number of thioether (sulfide) groups is 1. The fraction of sp³-hybridized carbons (Fsp3) is 0.222. The van der Waals surface area contributed by atoms with E-state index in [2.05, 4.69) is 4.72 Å². The minimum Gasteiger partial charge on any atom is -0.464 e. The van der Waals surface area contributed by atoms with Crippen molar-refractivity contribution in [2.45, 2.75) is 11.3 Å². The zero-order valence-electron chi connectivity index (χ0n) is 21.1. The van der Waals surface area contributed by atoms with Crippen LogP contribution < -0.4 is 9.62 Å². The molecule has 1 amide bonds. The lowest BCUT2D eigenvalue weighted by Gasteiger charge is -2.17. The Morgan fingerprint density at radius 3 is 2.39 bits per heavy atom. The maximum atomic E-state index is 12.9. The maximum Gasteiger partial charge on any atom is 0.307 e. The van der Waals surface area contributed by atoms with Crippen molar-refractivity contribution in [1.82, 2.24) is 9.62 Å². The lowest BCUT2D eigenvalue weighted by atomic mass is 10.1. The molecule has 0 saturated carbocycles. The first-order chi connectivity index (χ1) is 18.2. The molecule has 11 heteroatoms. The molecule has 0 spiro atoms. The van der Waals surface area contributed by atoms with Gasteiger partial charge in [-0.25, -0.2) is 13.1 Å². The molecule has 0 heterocycles. The number of anilines is 1. The van der Waals surface area contributed by atoms with Crippen LogP contribution in [0.3, 0.4) is 0 Å². The average Bonchev–Trinajstić information content (AvgIpc) is 2.91. The molecule has 0 saturated heterocycles. The van der Waals surface area contributed by atoms with Crippen LogP contribution in [0.15, 0.2) is 83.2 Å². The minimum atomic E-state index is -3.87. The van der Waals surface area contributed by atoms with Gasteiger partial charge in [-0.2, -0.15) is 0 Å². The van der Waals surface area contributed by atoms with E-state index in [0.29, 0.717) is 17.4 Å². The molecular weight excluding hydrogens is 526 g/mol. The third-order valence-electron chi connectivity index (χ3n) is 5.44. The van der Waals surface area contributed by atoms with Gasteiger partial charge in [0, 0.05) is 48.9 Å². The van der Waals surface area contributed by atoms with Crippen LogP contribution >= 0.6 is 11.8 Å². The number of benzene rings is 3. The Labute approximate surface area is 226 Å². The van der Waals surface area contributed by atoms with Gasteiger partial charge in [-0.3, -0.25) is 14.4 Å². The minimum absolute atomic E-state index is 0.0808. The van der Waals surface area contributed by atoms with Crippen molar-refractivity contribution in [3.8, 4) is 0 Å². The van der Waals surface area contributed by atoms with E-state index in [1.54, 1.807) is 42.5 Å². The van der Waals surface area contributed by atoms with Gasteiger partial charge in [-0.15, -0.1) is 0 Å². The highest BCUT2D eigenvalue weighted by molar-refractivity contribution is 8.16. The summed E-state index contributed by atoms with van der Waals surface area (Å²) in [6.07, 6.45) is 1.80. The molecule has 200 valence electrons. The monoisotopic (exact) mass is 555 g/mol. The van der Waals surface area contributed by atoms with Crippen LogP contribution in [0.25, 0.3) is 10.8 Å². The van der Waals surface area contributed by atoms with Crippen molar-refractivity contribution in [2.75, 3.05) is 38.7 Å². The summed E-state index contributed by atoms with van der Waals surface area (Å²) in [5.41, 5.74) is 1.44. The number of sulfonamides is 1. The molecule has 0 aromatic heterocycles. The Hall–Kier alpha value is -3.67. The molecule has 1 N–H and O–H groups in total. The molecule has 9 nitrogen and oxygen atoms in total. The van der Waals surface area contributed by atoms with Crippen molar-refractivity contribution < 1.29 is 27.5 Å². The third-order valence-corrected chi connectivity index (χ3v) is 7.66. The van der Waals surface area contributed by atoms with Crippen LogP contribution in [0.4, 0.5) is 5.69 Å². The lowest BCUT2D eigenvalue weighted by molar-refractivity contribution is -0.144. The summed E-state index contributed by atoms with van der Waals surface area (Å²) >= 11 is 0.932. The summed E-state index contributed by atoms with van der Waals surface area (Å²) in [6.45, 7) is -0.134. The summed E-state index contributed by atoms with van der Waals surface area (Å²) in [7, 11) is -0.0997. The molecule has 3 aromatic rings. The predicted molar refractivity (Wildman–Crippen MR) is 149 cm³/mol. The molecule has 0 aliphatic carbocycles. The topological polar surface area (TPSA) is 113 Å². The largest absolute Gasteiger partial charge is 0.464 e. The number of amides is 1.